The van der Waals surface area contributed by atoms with Crippen molar-refractivity contribution in [3.8, 4) is 11.3 Å². The van der Waals surface area contributed by atoms with Crippen LogP contribution in [0.2, 0.25) is 0 Å². The second kappa shape index (κ2) is 9.36. The van der Waals surface area contributed by atoms with Crippen molar-refractivity contribution < 1.29 is 23.2 Å². The second-order valence-corrected chi connectivity index (χ2v) is 5.52. The molecular formula is C18H20FN3O4. The zero-order valence-electron chi connectivity index (χ0n) is 14.3. The standard InChI is InChI=1S/C18H20FN3O4/c1-2-11-20-16(23)9-10-17(24)21-22-18(25)15-8-7-14(26-15)12-3-5-13(19)6-4-12/h3-8H,2,9-11H2,1H3,(H,20,23)(H,21,24)(H,22,25). The zero-order valence-corrected chi connectivity index (χ0v) is 14.3. The number of benzene rings is 1. The number of carbonyl (C=O) groups excluding carboxylic acids is 3. The van der Waals surface area contributed by atoms with Gasteiger partial charge in [0.25, 0.3) is 0 Å². The molecule has 0 radical (unpaired) electrons. The summed E-state index contributed by atoms with van der Waals surface area (Å²) in [4.78, 5) is 35.0. The van der Waals surface area contributed by atoms with E-state index < -0.39 is 11.8 Å². The van der Waals surface area contributed by atoms with Gasteiger partial charge in [-0.15, -0.1) is 0 Å². The van der Waals surface area contributed by atoms with E-state index in [2.05, 4.69) is 16.2 Å². The van der Waals surface area contributed by atoms with E-state index in [1.165, 1.54) is 30.3 Å². The third kappa shape index (κ3) is 5.73. The van der Waals surface area contributed by atoms with Crippen LogP contribution >= 0.6 is 0 Å². The Morgan fingerprint density at radius 2 is 1.65 bits per heavy atom. The third-order valence-electron chi connectivity index (χ3n) is 3.43. The van der Waals surface area contributed by atoms with Gasteiger partial charge in [-0.3, -0.25) is 25.2 Å². The van der Waals surface area contributed by atoms with Gasteiger partial charge < -0.3 is 9.73 Å². The molecule has 138 valence electrons. The van der Waals surface area contributed by atoms with Crippen molar-refractivity contribution in [3.63, 3.8) is 0 Å². The zero-order chi connectivity index (χ0) is 18.9. The van der Waals surface area contributed by atoms with E-state index in [-0.39, 0.29) is 30.3 Å². The van der Waals surface area contributed by atoms with Gasteiger partial charge in [0.2, 0.25) is 11.8 Å². The minimum Gasteiger partial charge on any atom is -0.451 e. The van der Waals surface area contributed by atoms with Crippen LogP contribution in [0.5, 0.6) is 0 Å². The van der Waals surface area contributed by atoms with E-state index in [0.29, 0.717) is 17.9 Å². The lowest BCUT2D eigenvalue weighted by Crippen LogP contribution is -2.41. The Morgan fingerprint density at radius 3 is 2.35 bits per heavy atom. The third-order valence-corrected chi connectivity index (χ3v) is 3.43. The molecule has 0 aliphatic heterocycles. The smallest absolute Gasteiger partial charge is 0.305 e. The van der Waals surface area contributed by atoms with E-state index in [9.17, 15) is 18.8 Å². The Hall–Kier alpha value is -3.16. The number of hydrogen-bond acceptors (Lipinski definition) is 4. The Labute approximate surface area is 149 Å². The van der Waals surface area contributed by atoms with Crippen LogP contribution in [0.1, 0.15) is 36.7 Å². The summed E-state index contributed by atoms with van der Waals surface area (Å²) in [6.45, 7) is 2.49. The minimum absolute atomic E-state index is 0.00897. The van der Waals surface area contributed by atoms with Crippen LogP contribution in [-0.4, -0.2) is 24.3 Å². The molecular weight excluding hydrogens is 341 g/mol. The van der Waals surface area contributed by atoms with Crippen molar-refractivity contribution >= 4 is 17.7 Å². The summed E-state index contributed by atoms with van der Waals surface area (Å²) in [6, 6.07) is 8.64. The fourth-order valence-electron chi connectivity index (χ4n) is 2.06. The Balaban J connectivity index is 1.80. The summed E-state index contributed by atoms with van der Waals surface area (Å²) in [6.07, 6.45) is 0.809. The molecule has 26 heavy (non-hydrogen) atoms. The van der Waals surface area contributed by atoms with E-state index >= 15 is 0 Å². The van der Waals surface area contributed by atoms with Gasteiger partial charge in [0.15, 0.2) is 5.76 Å². The lowest BCUT2D eigenvalue weighted by Gasteiger charge is -2.06. The maximum absolute atomic E-state index is 12.9. The molecule has 1 aromatic heterocycles. The molecule has 0 saturated heterocycles. The van der Waals surface area contributed by atoms with Crippen molar-refractivity contribution in [1.29, 1.82) is 0 Å². The molecule has 0 bridgehead atoms. The normalized spacial score (nSPS) is 10.2. The van der Waals surface area contributed by atoms with Gasteiger partial charge in [-0.25, -0.2) is 4.39 Å². The van der Waals surface area contributed by atoms with Gasteiger partial charge >= 0.3 is 5.91 Å². The first-order valence-electron chi connectivity index (χ1n) is 8.21. The highest BCUT2D eigenvalue weighted by atomic mass is 19.1. The predicted molar refractivity (Wildman–Crippen MR) is 92.2 cm³/mol. The SMILES string of the molecule is CCCNC(=O)CCC(=O)NNC(=O)c1ccc(-c2ccc(F)cc2)o1. The molecule has 8 heteroatoms. The first-order chi connectivity index (χ1) is 12.5. The summed E-state index contributed by atoms with van der Waals surface area (Å²) in [7, 11) is 0. The van der Waals surface area contributed by atoms with Crippen LogP contribution in [0, 0.1) is 5.82 Å². The number of rotatable bonds is 7. The maximum Gasteiger partial charge on any atom is 0.305 e. The number of halogens is 1. The van der Waals surface area contributed by atoms with Gasteiger partial charge in [0.05, 0.1) is 0 Å². The van der Waals surface area contributed by atoms with Crippen molar-refractivity contribution in [2.24, 2.45) is 0 Å². The molecule has 3 N–H and O–H groups in total. The van der Waals surface area contributed by atoms with Crippen LogP contribution in [0.25, 0.3) is 11.3 Å². The molecule has 0 aliphatic carbocycles. The fraction of sp³-hybridized carbons (Fsp3) is 0.278. The van der Waals surface area contributed by atoms with Gasteiger partial charge in [0, 0.05) is 24.9 Å². The molecule has 2 aromatic rings. The molecule has 0 spiro atoms. The minimum atomic E-state index is -0.637. The highest BCUT2D eigenvalue weighted by Crippen LogP contribution is 2.22. The first-order valence-corrected chi connectivity index (χ1v) is 8.21. The van der Waals surface area contributed by atoms with Crippen molar-refractivity contribution in [2.45, 2.75) is 26.2 Å². The van der Waals surface area contributed by atoms with E-state index in [0.717, 1.165) is 6.42 Å². The Bertz CT molecular complexity index is 771. The number of hydrogen-bond donors (Lipinski definition) is 3. The van der Waals surface area contributed by atoms with E-state index in [4.69, 9.17) is 4.42 Å². The molecule has 0 aliphatic rings. The number of carbonyl (C=O) groups is 3. The fourth-order valence-corrected chi connectivity index (χ4v) is 2.06. The van der Waals surface area contributed by atoms with Gasteiger partial charge in [-0.2, -0.15) is 0 Å². The van der Waals surface area contributed by atoms with Gasteiger partial charge in [0.1, 0.15) is 11.6 Å². The summed E-state index contributed by atoms with van der Waals surface area (Å²) in [5.41, 5.74) is 5.05. The quantitative estimate of drug-likeness (QED) is 0.658. The Kier molecular flexibility index (Phi) is 6.90. The molecule has 0 fully saturated rings. The number of hydrazine groups is 1. The monoisotopic (exact) mass is 361 g/mol. The molecule has 0 unspecified atom stereocenters. The van der Waals surface area contributed by atoms with E-state index in [1.807, 2.05) is 6.92 Å². The summed E-state index contributed by atoms with van der Waals surface area (Å²) in [5.74, 6) is -1.33. The maximum atomic E-state index is 12.9. The van der Waals surface area contributed by atoms with Crippen LogP contribution in [0.15, 0.2) is 40.8 Å². The largest absolute Gasteiger partial charge is 0.451 e. The summed E-state index contributed by atoms with van der Waals surface area (Å²) in [5, 5.41) is 2.66. The van der Waals surface area contributed by atoms with Crippen LogP contribution in [-0.2, 0) is 9.59 Å². The molecule has 2 rings (SSSR count). The van der Waals surface area contributed by atoms with Crippen LogP contribution in [0.3, 0.4) is 0 Å². The summed E-state index contributed by atoms with van der Waals surface area (Å²) >= 11 is 0. The molecule has 1 heterocycles. The lowest BCUT2D eigenvalue weighted by atomic mass is 10.2. The molecule has 3 amide bonds. The lowest BCUT2D eigenvalue weighted by molar-refractivity contribution is -0.126. The van der Waals surface area contributed by atoms with Crippen molar-refractivity contribution in [1.82, 2.24) is 16.2 Å². The molecule has 0 saturated carbocycles. The molecule has 0 atom stereocenters. The summed E-state index contributed by atoms with van der Waals surface area (Å²) < 4.78 is 18.3. The number of furan rings is 1. The van der Waals surface area contributed by atoms with Crippen molar-refractivity contribution in [3.05, 3.63) is 48.0 Å². The highest BCUT2D eigenvalue weighted by Gasteiger charge is 2.13. The number of amides is 3. The highest BCUT2D eigenvalue weighted by molar-refractivity contribution is 5.93. The average molecular weight is 361 g/mol. The average Bonchev–Trinajstić information content (AvgIpc) is 3.13. The van der Waals surface area contributed by atoms with Gasteiger partial charge in [-0.1, -0.05) is 6.92 Å². The van der Waals surface area contributed by atoms with Crippen molar-refractivity contribution in [2.75, 3.05) is 6.54 Å². The molecule has 1 aromatic carbocycles. The predicted octanol–water partition coefficient (Wildman–Crippen LogP) is 2.15. The van der Waals surface area contributed by atoms with Gasteiger partial charge in [-0.05, 0) is 42.8 Å². The van der Waals surface area contributed by atoms with E-state index in [1.54, 1.807) is 6.07 Å². The van der Waals surface area contributed by atoms with Crippen LogP contribution < -0.4 is 16.2 Å². The first kappa shape index (κ1) is 19.2. The number of nitrogens with one attached hydrogen (secondary N) is 3. The molecule has 7 nitrogen and oxygen atoms in total. The van der Waals surface area contributed by atoms with Crippen LogP contribution in [0.4, 0.5) is 4.39 Å². The topological polar surface area (TPSA) is 100 Å². The Morgan fingerprint density at radius 1 is 0.962 bits per heavy atom. The second-order valence-electron chi connectivity index (χ2n) is 5.52.